The van der Waals surface area contributed by atoms with Gasteiger partial charge in [-0.05, 0) is 72.3 Å². The first-order chi connectivity index (χ1) is 21.9. The number of carbonyl (C=O) groups is 2. The number of ether oxygens (including phenoxy) is 2. The maximum atomic E-state index is 13.4. The zero-order valence-electron chi connectivity index (χ0n) is 24.0. The third-order valence-corrected chi connectivity index (χ3v) is 8.29. The summed E-state index contributed by atoms with van der Waals surface area (Å²) in [5.74, 6) is -0.495. The molecule has 0 atom stereocenters. The third-order valence-electron chi connectivity index (χ3n) is 6.19. The summed E-state index contributed by atoms with van der Waals surface area (Å²) in [6.07, 6.45) is -3.54. The Kier molecular flexibility index (Phi) is 10.9. The van der Waals surface area contributed by atoms with Crippen LogP contribution in [0.5, 0.6) is 11.5 Å². The standard InChI is InChI=1S/C31H26ClF3N4O6S/c1-44-28-10-6-5-9-26(28)37-30(41)20-45-23-14-11-21(12-15-23)18-36-38-29(40)19-39(46(42,43)24-7-3-2-4-8-24)27-17-22(31(33,34)35)13-16-25(27)32/h2-18H,19-20H2,1H3,(H,37,41)(H,38,40). The number of alkyl halides is 3. The topological polar surface area (TPSA) is 126 Å². The second-order valence-corrected chi connectivity index (χ2v) is 11.7. The molecule has 0 spiro atoms. The van der Waals surface area contributed by atoms with Crippen LogP contribution in [-0.2, 0) is 25.8 Å². The highest BCUT2D eigenvalue weighted by molar-refractivity contribution is 7.92. The number of nitrogens with zero attached hydrogens (tertiary/aromatic N) is 2. The number of hydrazone groups is 1. The van der Waals surface area contributed by atoms with E-state index in [1.54, 1.807) is 54.6 Å². The van der Waals surface area contributed by atoms with Crippen LogP contribution >= 0.6 is 11.6 Å². The molecule has 46 heavy (non-hydrogen) atoms. The summed E-state index contributed by atoms with van der Waals surface area (Å²) in [7, 11) is -3.04. The molecule has 0 aromatic heterocycles. The van der Waals surface area contributed by atoms with Crippen molar-refractivity contribution in [2.75, 3.05) is 29.9 Å². The summed E-state index contributed by atoms with van der Waals surface area (Å²) >= 11 is 6.13. The Morgan fingerprint density at radius 2 is 1.61 bits per heavy atom. The monoisotopic (exact) mass is 674 g/mol. The molecule has 2 N–H and O–H groups in total. The zero-order chi connectivity index (χ0) is 33.3. The van der Waals surface area contributed by atoms with Gasteiger partial charge in [0.2, 0.25) is 0 Å². The largest absolute Gasteiger partial charge is 0.495 e. The average Bonchev–Trinajstić information content (AvgIpc) is 3.03. The van der Waals surface area contributed by atoms with Gasteiger partial charge >= 0.3 is 6.18 Å². The van der Waals surface area contributed by atoms with Crippen molar-refractivity contribution in [2.24, 2.45) is 5.10 Å². The molecule has 240 valence electrons. The second-order valence-electron chi connectivity index (χ2n) is 9.39. The number of para-hydroxylation sites is 2. The van der Waals surface area contributed by atoms with Crippen molar-refractivity contribution in [3.8, 4) is 11.5 Å². The predicted molar refractivity (Wildman–Crippen MR) is 167 cm³/mol. The number of hydrogen-bond donors (Lipinski definition) is 2. The van der Waals surface area contributed by atoms with Crippen LogP contribution < -0.4 is 24.5 Å². The highest BCUT2D eigenvalue weighted by Gasteiger charge is 2.34. The lowest BCUT2D eigenvalue weighted by Gasteiger charge is -2.25. The van der Waals surface area contributed by atoms with Crippen molar-refractivity contribution in [1.82, 2.24) is 5.43 Å². The molecular formula is C31H26ClF3N4O6S. The van der Waals surface area contributed by atoms with Crippen molar-refractivity contribution in [3.05, 3.63) is 113 Å². The van der Waals surface area contributed by atoms with E-state index in [0.29, 0.717) is 39.2 Å². The minimum absolute atomic E-state index is 0.264. The predicted octanol–water partition coefficient (Wildman–Crippen LogP) is 5.73. The van der Waals surface area contributed by atoms with E-state index in [0.717, 1.165) is 6.07 Å². The van der Waals surface area contributed by atoms with Crippen LogP contribution in [0.2, 0.25) is 5.02 Å². The van der Waals surface area contributed by atoms with E-state index in [1.807, 2.05) is 0 Å². The van der Waals surface area contributed by atoms with Crippen LogP contribution in [0.25, 0.3) is 0 Å². The summed E-state index contributed by atoms with van der Waals surface area (Å²) in [5.41, 5.74) is 1.48. The Bertz CT molecular complexity index is 1820. The van der Waals surface area contributed by atoms with Gasteiger partial charge < -0.3 is 14.8 Å². The van der Waals surface area contributed by atoms with Crippen molar-refractivity contribution in [2.45, 2.75) is 11.1 Å². The van der Waals surface area contributed by atoms with Gasteiger partial charge in [0.05, 0.1) is 40.2 Å². The molecule has 0 aliphatic rings. The van der Waals surface area contributed by atoms with Gasteiger partial charge in [0, 0.05) is 0 Å². The Hall–Kier alpha value is -5.08. The Morgan fingerprint density at radius 3 is 2.28 bits per heavy atom. The number of rotatable bonds is 12. The molecule has 0 aliphatic carbocycles. The number of nitrogens with one attached hydrogen (secondary N) is 2. The lowest BCUT2D eigenvalue weighted by atomic mass is 10.2. The lowest BCUT2D eigenvalue weighted by molar-refractivity contribution is -0.137. The molecule has 15 heteroatoms. The first-order valence-electron chi connectivity index (χ1n) is 13.3. The van der Waals surface area contributed by atoms with Gasteiger partial charge in [-0.25, -0.2) is 13.8 Å². The van der Waals surface area contributed by atoms with E-state index in [-0.39, 0.29) is 16.5 Å². The molecule has 0 saturated heterocycles. The minimum Gasteiger partial charge on any atom is -0.495 e. The molecule has 0 bridgehead atoms. The molecule has 4 rings (SSSR count). The fraction of sp³-hybridized carbons (Fsp3) is 0.129. The molecule has 10 nitrogen and oxygen atoms in total. The van der Waals surface area contributed by atoms with Crippen molar-refractivity contribution < 1.29 is 40.7 Å². The van der Waals surface area contributed by atoms with Crippen LogP contribution in [0.1, 0.15) is 11.1 Å². The third kappa shape index (κ3) is 8.76. The fourth-order valence-electron chi connectivity index (χ4n) is 3.98. The molecule has 0 aliphatic heterocycles. The minimum atomic E-state index is -4.79. The number of anilines is 2. The van der Waals surface area contributed by atoms with Crippen molar-refractivity contribution in [1.29, 1.82) is 0 Å². The first kappa shape index (κ1) is 33.8. The number of carbonyl (C=O) groups excluding carboxylic acids is 2. The number of benzene rings is 4. The van der Waals surface area contributed by atoms with E-state index in [2.05, 4.69) is 15.8 Å². The van der Waals surface area contributed by atoms with E-state index in [1.165, 1.54) is 37.6 Å². The van der Waals surface area contributed by atoms with Gasteiger partial charge in [-0.1, -0.05) is 41.9 Å². The van der Waals surface area contributed by atoms with Crippen LogP contribution in [-0.4, -0.2) is 46.7 Å². The normalized spacial score (nSPS) is 11.6. The summed E-state index contributed by atoms with van der Waals surface area (Å²) in [4.78, 5) is 24.8. The highest BCUT2D eigenvalue weighted by atomic mass is 35.5. The SMILES string of the molecule is COc1ccccc1NC(=O)COc1ccc(C=NNC(=O)CN(c2cc(C(F)(F)F)ccc2Cl)S(=O)(=O)c2ccccc2)cc1. The number of methoxy groups -OCH3 is 1. The summed E-state index contributed by atoms with van der Waals surface area (Å²) < 4.78 is 78.4. The van der Waals surface area contributed by atoms with Gasteiger partial charge in [-0.15, -0.1) is 0 Å². The molecule has 0 unspecified atom stereocenters. The van der Waals surface area contributed by atoms with E-state index in [9.17, 15) is 31.2 Å². The Labute approximate surface area is 267 Å². The van der Waals surface area contributed by atoms with E-state index in [4.69, 9.17) is 21.1 Å². The smallest absolute Gasteiger partial charge is 0.416 e. The summed E-state index contributed by atoms with van der Waals surface area (Å²) in [5, 5.41) is 6.18. The number of amides is 2. The molecule has 2 amide bonds. The molecule has 4 aromatic rings. The van der Waals surface area contributed by atoms with Crippen LogP contribution in [0, 0.1) is 0 Å². The Balaban J connectivity index is 1.41. The van der Waals surface area contributed by atoms with Gasteiger partial charge in [0.25, 0.3) is 21.8 Å². The first-order valence-corrected chi connectivity index (χ1v) is 15.1. The summed E-state index contributed by atoms with van der Waals surface area (Å²) in [6.45, 7) is -1.21. The maximum Gasteiger partial charge on any atom is 0.416 e. The van der Waals surface area contributed by atoms with E-state index >= 15 is 0 Å². The number of sulfonamides is 1. The Morgan fingerprint density at radius 1 is 0.935 bits per heavy atom. The van der Waals surface area contributed by atoms with Crippen LogP contribution in [0.3, 0.4) is 0 Å². The van der Waals surface area contributed by atoms with E-state index < -0.39 is 45.8 Å². The fourth-order valence-corrected chi connectivity index (χ4v) is 5.70. The quantitative estimate of drug-likeness (QED) is 0.146. The molecule has 0 heterocycles. The number of halogens is 4. The highest BCUT2D eigenvalue weighted by Crippen LogP contribution is 2.37. The van der Waals surface area contributed by atoms with Crippen molar-refractivity contribution in [3.63, 3.8) is 0 Å². The lowest BCUT2D eigenvalue weighted by Crippen LogP contribution is -2.40. The molecular weight excluding hydrogens is 649 g/mol. The molecule has 0 fully saturated rings. The summed E-state index contributed by atoms with van der Waals surface area (Å²) in [6, 6.07) is 22.2. The average molecular weight is 675 g/mol. The maximum absolute atomic E-state index is 13.4. The molecule has 0 radical (unpaired) electrons. The van der Waals surface area contributed by atoms with Gasteiger partial charge in [0.15, 0.2) is 6.61 Å². The van der Waals surface area contributed by atoms with Gasteiger partial charge in [0.1, 0.15) is 18.0 Å². The molecule has 0 saturated carbocycles. The van der Waals surface area contributed by atoms with Gasteiger partial charge in [-0.3, -0.25) is 13.9 Å². The van der Waals surface area contributed by atoms with Crippen LogP contribution in [0.4, 0.5) is 24.5 Å². The van der Waals surface area contributed by atoms with Gasteiger partial charge in [-0.2, -0.15) is 18.3 Å². The second kappa shape index (κ2) is 14.8. The zero-order valence-corrected chi connectivity index (χ0v) is 25.6. The van der Waals surface area contributed by atoms with Crippen LogP contribution in [0.15, 0.2) is 107 Å². The number of hydrogen-bond acceptors (Lipinski definition) is 7. The molecule has 4 aromatic carbocycles. The van der Waals surface area contributed by atoms with Crippen molar-refractivity contribution >= 4 is 51.0 Å².